The molecule has 0 aromatic heterocycles. The van der Waals surface area contributed by atoms with E-state index in [-0.39, 0.29) is 24.8 Å². The Morgan fingerprint density at radius 3 is 1.70 bits per heavy atom. The van der Waals surface area contributed by atoms with Crippen LogP contribution in [0.15, 0.2) is 121 Å². The molecule has 1 fully saturated rings. The Balaban J connectivity index is 0.000000266. The van der Waals surface area contributed by atoms with Crippen LogP contribution < -0.4 is 24.8 Å². The summed E-state index contributed by atoms with van der Waals surface area (Å²) in [7, 11) is 0. The molecule has 0 spiro atoms. The molecule has 37 heavy (non-hydrogen) atoms. The molecule has 5 aromatic rings. The van der Waals surface area contributed by atoms with E-state index in [0.717, 1.165) is 6.42 Å². The van der Waals surface area contributed by atoms with E-state index in [1.807, 2.05) is 30.3 Å². The summed E-state index contributed by atoms with van der Waals surface area (Å²) in [6, 6.07) is 45.9. The standard InChI is InChI=1S/C25H17.C5H5.C4H6.2ClH.Zr/c1-3-7-18(8-4-1)20-11-13-22-15-23-14-12-21(17-25(23)24(22)16-20)19-9-5-2-6-10-19;1-2-4-5-3-1;1-2-4-3-1;;;/h1-13,16-17H,15H2;1-5H;1-3H2;2*1H;/q2*-1;;;;+2/p-2. The minimum absolute atomic E-state index is 0. The molecule has 0 N–H and O–H groups in total. The molecule has 0 unspecified atom stereocenters. The van der Waals surface area contributed by atoms with Crippen molar-refractivity contribution in [2.24, 2.45) is 0 Å². The predicted molar refractivity (Wildman–Crippen MR) is 145 cm³/mol. The Bertz CT molecular complexity index is 1280. The first-order chi connectivity index (χ1) is 17.3. The van der Waals surface area contributed by atoms with Crippen LogP contribution in [-0.4, -0.2) is 3.21 Å². The van der Waals surface area contributed by atoms with Crippen LogP contribution in [-0.2, 0) is 30.7 Å². The van der Waals surface area contributed by atoms with E-state index in [1.54, 1.807) is 27.4 Å². The van der Waals surface area contributed by atoms with Gasteiger partial charge in [0.05, 0.1) is 0 Å². The van der Waals surface area contributed by atoms with Gasteiger partial charge in [-0.15, -0.1) is 11.1 Å². The van der Waals surface area contributed by atoms with Gasteiger partial charge in [-0.2, -0.15) is 42.0 Å². The second-order valence-corrected chi connectivity index (χ2v) is 10.7. The van der Waals surface area contributed by atoms with Crippen molar-refractivity contribution in [2.75, 3.05) is 0 Å². The molecule has 2 aliphatic rings. The molecule has 7 rings (SSSR count). The molecular weight excluding hydrogens is 571 g/mol. The van der Waals surface area contributed by atoms with Gasteiger partial charge in [0.25, 0.3) is 0 Å². The predicted octanol–water partition coefficient (Wildman–Crippen LogP) is 2.69. The number of fused-ring (bicyclic) bond motifs is 3. The Morgan fingerprint density at radius 1 is 0.622 bits per heavy atom. The van der Waals surface area contributed by atoms with Gasteiger partial charge in [0, 0.05) is 0 Å². The van der Waals surface area contributed by atoms with Crippen LogP contribution in [0.1, 0.15) is 30.4 Å². The molecule has 0 bridgehead atoms. The van der Waals surface area contributed by atoms with Crippen molar-refractivity contribution >= 4 is 3.21 Å². The van der Waals surface area contributed by atoms with Crippen LogP contribution >= 0.6 is 0 Å². The molecule has 0 atom stereocenters. The maximum Gasteiger partial charge on any atom is -0.0184 e. The molecule has 2 aliphatic carbocycles. The molecule has 0 aliphatic heterocycles. The van der Waals surface area contributed by atoms with Crippen molar-refractivity contribution in [1.82, 2.24) is 0 Å². The number of hydrogen-bond donors (Lipinski definition) is 0. The maximum absolute atomic E-state index is 3.52. The summed E-state index contributed by atoms with van der Waals surface area (Å²) in [4.78, 5) is 0. The fourth-order valence-corrected chi connectivity index (χ4v) is 5.24. The average molecular weight is 599 g/mol. The van der Waals surface area contributed by atoms with Crippen LogP contribution in [0.5, 0.6) is 0 Å². The molecule has 3 heteroatoms. The van der Waals surface area contributed by atoms with E-state index in [1.165, 1.54) is 63.8 Å². The summed E-state index contributed by atoms with van der Waals surface area (Å²) in [5.41, 5.74) is 10.4. The molecule has 0 nitrogen and oxygen atoms in total. The third kappa shape index (κ3) is 7.55. The molecule has 0 radical (unpaired) electrons. The first-order valence-corrected chi connectivity index (χ1v) is 13.5. The van der Waals surface area contributed by atoms with Crippen molar-refractivity contribution in [3.8, 4) is 33.4 Å². The Kier molecular flexibility index (Phi) is 11.4. The van der Waals surface area contributed by atoms with Crippen molar-refractivity contribution < 1.29 is 49.0 Å². The van der Waals surface area contributed by atoms with E-state index in [9.17, 15) is 0 Å². The van der Waals surface area contributed by atoms with Crippen LogP contribution in [0.3, 0.4) is 0 Å². The summed E-state index contributed by atoms with van der Waals surface area (Å²) < 4.78 is 1.78. The van der Waals surface area contributed by atoms with Crippen molar-refractivity contribution in [3.05, 3.63) is 139 Å². The monoisotopic (exact) mass is 596 g/mol. The second kappa shape index (κ2) is 14.5. The number of hydrogen-bond acceptors (Lipinski definition) is 0. The summed E-state index contributed by atoms with van der Waals surface area (Å²) in [5, 5.41) is 0. The average Bonchev–Trinajstić information content (AvgIpc) is 3.60. The molecule has 5 aromatic carbocycles. The normalized spacial score (nSPS) is 12.1. The second-order valence-electron chi connectivity index (χ2n) is 8.98. The number of benzene rings is 4. The van der Waals surface area contributed by atoms with E-state index >= 15 is 0 Å². The zero-order chi connectivity index (χ0) is 23.9. The van der Waals surface area contributed by atoms with Gasteiger partial charge in [-0.1, -0.05) is 95.6 Å². The van der Waals surface area contributed by atoms with Crippen LogP contribution in [0.2, 0.25) is 0 Å². The minimum Gasteiger partial charge on any atom is -0.214 e. The fourth-order valence-electron chi connectivity index (χ4n) is 4.37. The van der Waals surface area contributed by atoms with Crippen LogP contribution in [0, 0.1) is 6.07 Å². The van der Waals surface area contributed by atoms with Crippen LogP contribution in [0.4, 0.5) is 0 Å². The minimum atomic E-state index is 0. The van der Waals surface area contributed by atoms with Gasteiger partial charge in [0.2, 0.25) is 0 Å². The van der Waals surface area contributed by atoms with Gasteiger partial charge in [0.1, 0.15) is 0 Å². The Hall–Kier alpha value is -2.44. The van der Waals surface area contributed by atoms with Gasteiger partial charge in [0.15, 0.2) is 0 Å². The molecule has 184 valence electrons. The number of halogens is 2. The zero-order valence-electron chi connectivity index (χ0n) is 20.6. The topological polar surface area (TPSA) is 0 Å². The summed E-state index contributed by atoms with van der Waals surface area (Å²) in [6.07, 6.45) is 5.34. The third-order valence-electron chi connectivity index (χ3n) is 6.52. The Labute approximate surface area is 248 Å². The summed E-state index contributed by atoms with van der Waals surface area (Å²) >= 11 is 1.67. The zero-order valence-corrected chi connectivity index (χ0v) is 24.6. The van der Waals surface area contributed by atoms with E-state index in [4.69, 9.17) is 0 Å². The van der Waals surface area contributed by atoms with Gasteiger partial charge < -0.3 is 24.8 Å². The van der Waals surface area contributed by atoms with Gasteiger partial charge in [-0.05, 0) is 17.5 Å². The van der Waals surface area contributed by atoms with Crippen molar-refractivity contribution in [1.29, 1.82) is 0 Å². The third-order valence-corrected chi connectivity index (χ3v) is 7.75. The smallest absolute Gasteiger partial charge is 0.0184 e. The number of rotatable bonds is 2. The van der Waals surface area contributed by atoms with Crippen molar-refractivity contribution in [3.63, 3.8) is 0 Å². The van der Waals surface area contributed by atoms with E-state index < -0.39 is 0 Å². The molecule has 1 saturated carbocycles. The maximum atomic E-state index is 3.52. The van der Waals surface area contributed by atoms with E-state index in [0.29, 0.717) is 0 Å². The molecule has 0 amide bonds. The molecule has 0 saturated heterocycles. The van der Waals surface area contributed by atoms with E-state index in [2.05, 4.69) is 97.1 Å². The quantitative estimate of drug-likeness (QED) is 0.269. The van der Waals surface area contributed by atoms with Gasteiger partial charge in [-0.25, -0.2) is 12.1 Å². The first-order valence-electron chi connectivity index (χ1n) is 12.3. The van der Waals surface area contributed by atoms with Gasteiger partial charge >= 0.3 is 46.7 Å². The summed E-state index contributed by atoms with van der Waals surface area (Å²) in [5.74, 6) is 0. The first kappa shape index (κ1) is 29.1. The van der Waals surface area contributed by atoms with Gasteiger partial charge in [-0.3, -0.25) is 0 Å². The fraction of sp³-hybridized carbons (Fsp3) is 0.118. The molecular formula is C34H28Cl2Zr-2. The largest absolute Gasteiger partial charge is 0.214 e. The Morgan fingerprint density at radius 2 is 1.19 bits per heavy atom. The van der Waals surface area contributed by atoms with Crippen LogP contribution in [0.25, 0.3) is 33.4 Å². The van der Waals surface area contributed by atoms with Crippen molar-refractivity contribution in [2.45, 2.75) is 25.7 Å². The summed E-state index contributed by atoms with van der Waals surface area (Å²) in [6.45, 7) is 0. The SMILES string of the molecule is [Cl-].[Cl-].[Zr+2]=[C]1CCC1.[c-]1cc(-c2ccccc2)cc2c1Cc1ccc(-c3ccccc3)cc1-2.c1cc[cH-]c1. The molecule has 0 heterocycles.